The van der Waals surface area contributed by atoms with Crippen LogP contribution in [-0.4, -0.2) is 32.7 Å². The van der Waals surface area contributed by atoms with Crippen molar-refractivity contribution in [1.29, 1.82) is 0 Å². The second-order valence-electron chi connectivity index (χ2n) is 7.61. The molecule has 5 nitrogen and oxygen atoms in total. The quantitative estimate of drug-likeness (QED) is 0.363. The SMILES string of the molecule is CCCCn1c(SC(C)C(=O)N(C)Cc2ccccc2)nc2sc(C)c(C)c2c1=O. The fraction of sp³-hybridized carbons (Fsp3) is 0.435. The molecular formula is C23H29N3O2S2. The monoisotopic (exact) mass is 443 g/mol. The van der Waals surface area contributed by atoms with Crippen LogP contribution in [0.5, 0.6) is 0 Å². The molecule has 0 aliphatic rings. The maximum Gasteiger partial charge on any atom is 0.263 e. The molecule has 0 saturated carbocycles. The second-order valence-corrected chi connectivity index (χ2v) is 10.1. The van der Waals surface area contributed by atoms with Gasteiger partial charge in [0.2, 0.25) is 5.91 Å². The van der Waals surface area contributed by atoms with E-state index in [1.54, 1.807) is 20.8 Å². The van der Waals surface area contributed by atoms with Crippen molar-refractivity contribution in [2.75, 3.05) is 7.05 Å². The van der Waals surface area contributed by atoms with Gasteiger partial charge in [-0.05, 0) is 38.3 Å². The minimum atomic E-state index is -0.335. The second kappa shape index (κ2) is 9.79. The average molecular weight is 444 g/mol. The summed E-state index contributed by atoms with van der Waals surface area (Å²) >= 11 is 2.93. The topological polar surface area (TPSA) is 55.2 Å². The van der Waals surface area contributed by atoms with Crippen LogP contribution >= 0.6 is 23.1 Å². The fourth-order valence-electron chi connectivity index (χ4n) is 3.37. The Bertz CT molecular complexity index is 1090. The van der Waals surface area contributed by atoms with E-state index in [0.29, 0.717) is 18.2 Å². The molecule has 2 heterocycles. The van der Waals surface area contributed by atoms with Crippen LogP contribution < -0.4 is 5.56 Å². The molecule has 1 aromatic carbocycles. The van der Waals surface area contributed by atoms with Crippen molar-refractivity contribution in [3.63, 3.8) is 0 Å². The first-order valence-electron chi connectivity index (χ1n) is 10.3. The Balaban J connectivity index is 1.87. The van der Waals surface area contributed by atoms with E-state index in [9.17, 15) is 9.59 Å². The highest BCUT2D eigenvalue weighted by atomic mass is 32.2. The van der Waals surface area contributed by atoms with Gasteiger partial charge in [0.15, 0.2) is 5.16 Å². The van der Waals surface area contributed by atoms with E-state index in [4.69, 9.17) is 4.98 Å². The number of carbonyl (C=O) groups excluding carboxylic acids is 1. The summed E-state index contributed by atoms with van der Waals surface area (Å²) in [6, 6.07) is 9.95. The summed E-state index contributed by atoms with van der Waals surface area (Å²) in [5.41, 5.74) is 2.12. The maximum absolute atomic E-state index is 13.2. The van der Waals surface area contributed by atoms with Crippen molar-refractivity contribution >= 4 is 39.2 Å². The van der Waals surface area contributed by atoms with Crippen molar-refractivity contribution in [1.82, 2.24) is 14.5 Å². The lowest BCUT2D eigenvalue weighted by Crippen LogP contribution is -2.33. The first kappa shape index (κ1) is 22.6. The number of benzene rings is 1. The third-order valence-corrected chi connectivity index (χ3v) is 7.44. The van der Waals surface area contributed by atoms with Crippen LogP contribution in [0.1, 0.15) is 42.7 Å². The summed E-state index contributed by atoms with van der Waals surface area (Å²) < 4.78 is 1.76. The highest BCUT2D eigenvalue weighted by Gasteiger charge is 2.23. The number of amides is 1. The number of unbranched alkanes of at least 4 members (excludes halogenated alkanes) is 1. The van der Waals surface area contributed by atoms with Gasteiger partial charge in [0, 0.05) is 25.0 Å². The van der Waals surface area contributed by atoms with Gasteiger partial charge in [-0.25, -0.2) is 4.98 Å². The molecule has 0 fully saturated rings. The van der Waals surface area contributed by atoms with Crippen LogP contribution in [0.25, 0.3) is 10.2 Å². The Hall–Kier alpha value is -2.12. The van der Waals surface area contributed by atoms with Crippen molar-refractivity contribution < 1.29 is 4.79 Å². The molecule has 0 radical (unpaired) electrons. The van der Waals surface area contributed by atoms with Crippen LogP contribution in [-0.2, 0) is 17.9 Å². The smallest absolute Gasteiger partial charge is 0.263 e. The summed E-state index contributed by atoms with van der Waals surface area (Å²) in [5.74, 6) is 0.0266. The lowest BCUT2D eigenvalue weighted by atomic mass is 10.2. The standard InChI is InChI=1S/C23H29N3O2S2/c1-6-7-13-26-22(28)19-15(2)16(3)29-20(19)24-23(26)30-17(4)21(27)25(5)14-18-11-9-8-10-12-18/h8-12,17H,6-7,13-14H2,1-5H3. The average Bonchev–Trinajstić information content (AvgIpc) is 3.01. The summed E-state index contributed by atoms with van der Waals surface area (Å²) in [5, 5.41) is 1.02. The van der Waals surface area contributed by atoms with Gasteiger partial charge in [-0.1, -0.05) is 55.4 Å². The zero-order chi connectivity index (χ0) is 21.8. The minimum absolute atomic E-state index is 0.00934. The number of thioether (sulfide) groups is 1. The molecule has 0 N–H and O–H groups in total. The Morgan fingerprint density at radius 2 is 1.97 bits per heavy atom. The molecule has 30 heavy (non-hydrogen) atoms. The Labute approximate surface area is 186 Å². The molecule has 0 spiro atoms. The van der Waals surface area contributed by atoms with E-state index in [1.807, 2.05) is 58.2 Å². The van der Waals surface area contributed by atoms with Crippen molar-refractivity contribution in [2.45, 2.75) is 64.0 Å². The van der Waals surface area contributed by atoms with Gasteiger partial charge in [0.05, 0.1) is 10.6 Å². The zero-order valence-corrected chi connectivity index (χ0v) is 19.9. The molecule has 0 saturated heterocycles. The molecule has 0 bridgehead atoms. The highest BCUT2D eigenvalue weighted by molar-refractivity contribution is 8.00. The molecule has 3 rings (SSSR count). The summed E-state index contributed by atoms with van der Waals surface area (Å²) in [4.78, 5) is 34.6. The van der Waals surface area contributed by atoms with Crippen molar-refractivity contribution in [2.24, 2.45) is 0 Å². The van der Waals surface area contributed by atoms with Gasteiger partial charge >= 0.3 is 0 Å². The molecule has 3 aromatic rings. The van der Waals surface area contributed by atoms with Crippen molar-refractivity contribution in [3.8, 4) is 0 Å². The molecule has 7 heteroatoms. The van der Waals surface area contributed by atoms with Gasteiger partial charge in [0.25, 0.3) is 5.56 Å². The third kappa shape index (κ3) is 4.78. The van der Waals surface area contributed by atoms with E-state index in [0.717, 1.165) is 39.1 Å². The van der Waals surface area contributed by atoms with Crippen LogP contribution in [0.3, 0.4) is 0 Å². The predicted molar refractivity (Wildman–Crippen MR) is 126 cm³/mol. The Morgan fingerprint density at radius 3 is 2.63 bits per heavy atom. The van der Waals surface area contributed by atoms with Gasteiger partial charge in [-0.2, -0.15) is 0 Å². The molecule has 1 amide bonds. The van der Waals surface area contributed by atoms with Gasteiger partial charge in [-0.3, -0.25) is 14.2 Å². The van der Waals surface area contributed by atoms with Crippen LogP contribution in [0.15, 0.2) is 40.3 Å². The number of aromatic nitrogens is 2. The number of hydrogen-bond acceptors (Lipinski definition) is 5. The minimum Gasteiger partial charge on any atom is -0.340 e. The largest absolute Gasteiger partial charge is 0.340 e. The number of hydrogen-bond donors (Lipinski definition) is 0. The normalized spacial score (nSPS) is 12.3. The maximum atomic E-state index is 13.2. The highest BCUT2D eigenvalue weighted by Crippen LogP contribution is 2.30. The van der Waals surface area contributed by atoms with Crippen molar-refractivity contribution in [3.05, 3.63) is 56.7 Å². The number of rotatable bonds is 8. The third-order valence-electron chi connectivity index (χ3n) is 5.26. The number of thiophene rings is 1. The number of nitrogens with zero attached hydrogens (tertiary/aromatic N) is 3. The zero-order valence-electron chi connectivity index (χ0n) is 18.3. The molecule has 160 valence electrons. The Kier molecular flexibility index (Phi) is 7.36. The lowest BCUT2D eigenvalue weighted by Gasteiger charge is -2.22. The molecule has 1 unspecified atom stereocenters. The van der Waals surface area contributed by atoms with E-state index in [-0.39, 0.29) is 16.7 Å². The van der Waals surface area contributed by atoms with Crippen LogP contribution in [0, 0.1) is 13.8 Å². The molecular weight excluding hydrogens is 414 g/mol. The predicted octanol–water partition coefficient (Wildman–Crippen LogP) is 5.01. The number of aryl methyl sites for hydroxylation is 2. The number of fused-ring (bicyclic) bond motifs is 1. The first-order chi connectivity index (χ1) is 14.3. The van der Waals surface area contributed by atoms with Crippen LogP contribution in [0.2, 0.25) is 0 Å². The van der Waals surface area contributed by atoms with E-state index >= 15 is 0 Å². The molecule has 0 aliphatic heterocycles. The molecule has 1 atom stereocenters. The Morgan fingerprint density at radius 1 is 1.27 bits per heavy atom. The van der Waals surface area contributed by atoms with Gasteiger partial charge in [-0.15, -0.1) is 11.3 Å². The summed E-state index contributed by atoms with van der Waals surface area (Å²) in [6.07, 6.45) is 1.89. The molecule has 0 aliphatic carbocycles. The summed E-state index contributed by atoms with van der Waals surface area (Å²) in [6.45, 7) is 9.18. The lowest BCUT2D eigenvalue weighted by molar-refractivity contribution is -0.129. The van der Waals surface area contributed by atoms with Gasteiger partial charge < -0.3 is 4.90 Å². The van der Waals surface area contributed by atoms with Crippen LogP contribution in [0.4, 0.5) is 0 Å². The summed E-state index contributed by atoms with van der Waals surface area (Å²) in [7, 11) is 1.82. The van der Waals surface area contributed by atoms with E-state index < -0.39 is 0 Å². The molecule has 2 aromatic heterocycles. The first-order valence-corrected chi connectivity index (χ1v) is 12.0. The van der Waals surface area contributed by atoms with E-state index in [2.05, 4.69) is 6.92 Å². The fourth-order valence-corrected chi connectivity index (χ4v) is 5.49. The van der Waals surface area contributed by atoms with Gasteiger partial charge in [0.1, 0.15) is 4.83 Å². The number of carbonyl (C=O) groups is 1. The van der Waals surface area contributed by atoms with E-state index in [1.165, 1.54) is 11.8 Å².